The molecule has 2 aromatic carbocycles. The zero-order chi connectivity index (χ0) is 28.7. The number of rotatable bonds is 8. The molecule has 216 valence electrons. The summed E-state index contributed by atoms with van der Waals surface area (Å²) in [5, 5.41) is 0. The normalized spacial score (nSPS) is 26.7. The molecule has 0 aromatic heterocycles. The number of hydrogen-bond donors (Lipinski definition) is 0. The molecule has 0 unspecified atom stereocenters. The average molecular weight is 553 g/mol. The molecule has 0 radical (unpaired) electrons. The summed E-state index contributed by atoms with van der Waals surface area (Å²) in [5.74, 6) is -1.44. The summed E-state index contributed by atoms with van der Waals surface area (Å²) in [7, 11) is 3.10. The predicted octanol–water partition coefficient (Wildman–Crippen LogP) is 4.67. The fourth-order valence-corrected chi connectivity index (χ4v) is 4.09. The lowest BCUT2D eigenvalue weighted by molar-refractivity contribution is -0.159. The number of carbonyl (C=O) groups excluding carboxylic acids is 2. The highest BCUT2D eigenvalue weighted by Gasteiger charge is 2.26. The number of benzene rings is 2. The molecule has 0 amide bonds. The van der Waals surface area contributed by atoms with E-state index in [-0.39, 0.29) is 38.3 Å². The Morgan fingerprint density at radius 3 is 1.35 bits per heavy atom. The van der Waals surface area contributed by atoms with Crippen molar-refractivity contribution in [2.24, 2.45) is 11.8 Å². The minimum atomic E-state index is -0.935. The van der Waals surface area contributed by atoms with Crippen molar-refractivity contribution in [2.75, 3.05) is 27.4 Å². The third-order valence-electron chi connectivity index (χ3n) is 6.75. The number of esters is 2. The Bertz CT molecular complexity index is 997. The van der Waals surface area contributed by atoms with E-state index < -0.39 is 36.4 Å². The van der Waals surface area contributed by atoms with Gasteiger partial charge in [-0.3, -0.25) is 0 Å². The van der Waals surface area contributed by atoms with Crippen LogP contribution in [0.3, 0.4) is 0 Å². The minimum Gasteiger partial charge on any atom is -0.461 e. The molecule has 0 bridgehead atoms. The molecule has 6 atom stereocenters. The van der Waals surface area contributed by atoms with Crippen LogP contribution in [-0.4, -0.2) is 63.8 Å². The van der Waals surface area contributed by atoms with Gasteiger partial charge in [-0.15, -0.1) is 0 Å². The molecule has 1 aliphatic heterocycles. The first kappa shape index (κ1) is 31.2. The van der Waals surface area contributed by atoms with Gasteiger partial charge in [0.1, 0.15) is 13.2 Å². The van der Waals surface area contributed by atoms with Crippen molar-refractivity contribution in [3.63, 3.8) is 0 Å². The second-order valence-electron chi connectivity index (χ2n) is 9.73. The third-order valence-corrected chi connectivity index (χ3v) is 6.75. The Kier molecular flexibility index (Phi) is 13.1. The zero-order valence-corrected chi connectivity index (χ0v) is 23.6. The highest BCUT2D eigenvalue weighted by atomic mass is 16.6. The molecule has 1 aliphatic rings. The summed E-state index contributed by atoms with van der Waals surface area (Å²) in [6, 6.07) is 19.2. The molecule has 0 saturated carbocycles. The van der Waals surface area contributed by atoms with Gasteiger partial charge in [0.15, 0.2) is 12.2 Å². The summed E-state index contributed by atoms with van der Waals surface area (Å²) in [6.45, 7) is 4.32. The van der Waals surface area contributed by atoms with E-state index in [0.29, 0.717) is 0 Å². The summed E-state index contributed by atoms with van der Waals surface area (Å²) in [6.07, 6.45) is 4.17. The third kappa shape index (κ3) is 10.0. The number of carbonyl (C=O) groups is 2. The van der Waals surface area contributed by atoms with Gasteiger partial charge in [0, 0.05) is 26.1 Å². The maximum atomic E-state index is 13.1. The van der Waals surface area contributed by atoms with Crippen LogP contribution in [0.1, 0.15) is 25.0 Å². The van der Waals surface area contributed by atoms with Crippen LogP contribution in [0.2, 0.25) is 0 Å². The van der Waals surface area contributed by atoms with Gasteiger partial charge in [-0.1, -0.05) is 86.7 Å². The van der Waals surface area contributed by atoms with Gasteiger partial charge in [-0.05, 0) is 23.3 Å². The summed E-state index contributed by atoms with van der Waals surface area (Å²) in [4.78, 5) is 26.2. The lowest BCUT2D eigenvalue weighted by Crippen LogP contribution is -2.34. The molecular formula is C32H40O8. The van der Waals surface area contributed by atoms with Crippen LogP contribution in [0.15, 0.2) is 85.0 Å². The van der Waals surface area contributed by atoms with Crippen molar-refractivity contribution in [2.45, 2.75) is 51.5 Å². The van der Waals surface area contributed by atoms with Crippen molar-refractivity contribution >= 4 is 11.9 Å². The monoisotopic (exact) mass is 552 g/mol. The summed E-state index contributed by atoms with van der Waals surface area (Å²) in [5.41, 5.74) is 1.87. The predicted molar refractivity (Wildman–Crippen MR) is 150 cm³/mol. The van der Waals surface area contributed by atoms with Crippen molar-refractivity contribution in [1.82, 2.24) is 0 Å². The Morgan fingerprint density at radius 2 is 1.00 bits per heavy atom. The highest BCUT2D eigenvalue weighted by Crippen LogP contribution is 2.17. The standard InChI is InChI=1S/C32H40O8/c1-23-15-17-27(37-19-25-11-7-5-8-12-25)31(33)40-22-30(36-4)24(2)16-18-28(32(34)39-21-29(23)35-3)38-20-26-13-9-6-10-14-26/h5-18,23-24,27-30H,19-22H2,1-4H3/t23-,24-,27-,28+,29-,30-/m0/s1. The highest BCUT2D eigenvalue weighted by molar-refractivity contribution is 5.77. The zero-order valence-electron chi connectivity index (χ0n) is 23.6. The molecule has 2 aromatic rings. The van der Waals surface area contributed by atoms with Gasteiger partial charge >= 0.3 is 11.9 Å². The van der Waals surface area contributed by atoms with Crippen LogP contribution in [0, 0.1) is 11.8 Å². The summed E-state index contributed by atoms with van der Waals surface area (Å²) >= 11 is 0. The number of methoxy groups -OCH3 is 2. The van der Waals surface area contributed by atoms with Gasteiger partial charge in [-0.25, -0.2) is 9.59 Å². The van der Waals surface area contributed by atoms with E-state index in [1.54, 1.807) is 26.4 Å². The van der Waals surface area contributed by atoms with Gasteiger partial charge in [0.05, 0.1) is 25.4 Å². The Hall–Kier alpha value is -3.30. The second kappa shape index (κ2) is 16.7. The fourth-order valence-electron chi connectivity index (χ4n) is 4.09. The van der Waals surface area contributed by atoms with Crippen LogP contribution in [0.5, 0.6) is 0 Å². The maximum Gasteiger partial charge on any atom is 0.339 e. The molecule has 0 saturated heterocycles. The van der Waals surface area contributed by atoms with Crippen molar-refractivity contribution < 1.29 is 38.0 Å². The van der Waals surface area contributed by atoms with Crippen LogP contribution in [-0.2, 0) is 51.2 Å². The van der Waals surface area contributed by atoms with E-state index in [4.69, 9.17) is 28.4 Å². The van der Waals surface area contributed by atoms with Gasteiger partial charge in [-0.2, -0.15) is 0 Å². The van der Waals surface area contributed by atoms with E-state index in [1.807, 2.05) is 86.7 Å². The molecule has 0 spiro atoms. The molecule has 40 heavy (non-hydrogen) atoms. The SMILES string of the molecule is CO[C@H]1COC(=O)[C@@H](OCc2ccccc2)C=C[C@H](C)[C@@H](OC)COC(=O)[C@H](OCc2ccccc2)C=C[C@@H]1C. The van der Waals surface area contributed by atoms with E-state index in [1.165, 1.54) is 0 Å². The van der Waals surface area contributed by atoms with Crippen LogP contribution in [0.4, 0.5) is 0 Å². The van der Waals surface area contributed by atoms with Gasteiger partial charge < -0.3 is 28.4 Å². The molecule has 0 N–H and O–H groups in total. The maximum absolute atomic E-state index is 13.1. The fraction of sp³-hybridized carbons (Fsp3) is 0.438. The van der Waals surface area contributed by atoms with Crippen LogP contribution in [0.25, 0.3) is 0 Å². The van der Waals surface area contributed by atoms with Gasteiger partial charge in [0.2, 0.25) is 0 Å². The number of ether oxygens (including phenoxy) is 6. The molecule has 1 heterocycles. The first-order valence-electron chi connectivity index (χ1n) is 13.5. The van der Waals surface area contributed by atoms with E-state index >= 15 is 0 Å². The van der Waals surface area contributed by atoms with Crippen molar-refractivity contribution in [3.8, 4) is 0 Å². The van der Waals surface area contributed by atoms with Crippen molar-refractivity contribution in [3.05, 3.63) is 96.1 Å². The van der Waals surface area contributed by atoms with Crippen LogP contribution < -0.4 is 0 Å². The Labute approximate surface area is 236 Å². The largest absolute Gasteiger partial charge is 0.461 e. The second-order valence-corrected chi connectivity index (χ2v) is 9.73. The van der Waals surface area contributed by atoms with Crippen LogP contribution >= 0.6 is 0 Å². The van der Waals surface area contributed by atoms with E-state index in [2.05, 4.69) is 0 Å². The minimum absolute atomic E-state index is 0.0100. The number of cyclic esters (lactones) is 2. The Balaban J connectivity index is 1.79. The quantitative estimate of drug-likeness (QED) is 0.345. The first-order chi connectivity index (χ1) is 19.4. The summed E-state index contributed by atoms with van der Waals surface area (Å²) < 4.78 is 34.3. The van der Waals surface area contributed by atoms with E-state index in [0.717, 1.165) is 11.1 Å². The topological polar surface area (TPSA) is 89.5 Å². The molecule has 0 aliphatic carbocycles. The van der Waals surface area contributed by atoms with Crippen molar-refractivity contribution in [1.29, 1.82) is 0 Å². The Morgan fingerprint density at radius 1 is 0.625 bits per heavy atom. The van der Waals surface area contributed by atoms with E-state index in [9.17, 15) is 9.59 Å². The lowest BCUT2D eigenvalue weighted by Gasteiger charge is -2.24. The average Bonchev–Trinajstić information content (AvgIpc) is 2.98. The number of hydrogen-bond acceptors (Lipinski definition) is 8. The molecular weight excluding hydrogens is 512 g/mol. The smallest absolute Gasteiger partial charge is 0.339 e. The first-order valence-corrected chi connectivity index (χ1v) is 13.5. The van der Waals surface area contributed by atoms with Gasteiger partial charge in [0.25, 0.3) is 0 Å². The molecule has 3 rings (SSSR count). The molecule has 0 fully saturated rings. The lowest BCUT2D eigenvalue weighted by atomic mass is 10.0. The molecule has 8 heteroatoms. The molecule has 8 nitrogen and oxygen atoms in total.